The monoisotopic (exact) mass is 385 g/mol. The van der Waals surface area contributed by atoms with Crippen molar-refractivity contribution in [3.05, 3.63) is 59.2 Å². The molecule has 0 radical (unpaired) electrons. The molecule has 2 aromatic rings. The minimum absolute atomic E-state index is 0.282. The Labute approximate surface area is 165 Å². The topological polar surface area (TPSA) is 73.9 Å². The highest BCUT2D eigenvalue weighted by molar-refractivity contribution is 5.92. The summed E-state index contributed by atoms with van der Waals surface area (Å²) in [5, 5.41) is 2.76. The molecule has 1 atom stereocenters. The van der Waals surface area contributed by atoms with Crippen molar-refractivity contribution in [2.75, 3.05) is 14.2 Å². The normalized spacial score (nSPS) is 11.6. The number of carbonyl (C=O) groups is 2. The van der Waals surface area contributed by atoms with Gasteiger partial charge in [0.2, 0.25) is 0 Å². The van der Waals surface area contributed by atoms with E-state index in [-0.39, 0.29) is 12.5 Å². The molecule has 150 valence electrons. The fraction of sp³-hybridized carbons (Fsp3) is 0.364. The van der Waals surface area contributed by atoms with Gasteiger partial charge >= 0.3 is 5.97 Å². The van der Waals surface area contributed by atoms with Gasteiger partial charge in [-0.1, -0.05) is 32.0 Å². The Morgan fingerprint density at radius 2 is 1.57 bits per heavy atom. The van der Waals surface area contributed by atoms with Crippen LogP contribution in [-0.2, 0) is 16.1 Å². The molecule has 1 amide bonds. The van der Waals surface area contributed by atoms with Crippen molar-refractivity contribution >= 4 is 11.9 Å². The van der Waals surface area contributed by atoms with Gasteiger partial charge in [-0.2, -0.15) is 0 Å². The zero-order valence-electron chi connectivity index (χ0n) is 16.9. The number of nitrogens with one attached hydrogen (secondary N) is 1. The third-order valence-corrected chi connectivity index (χ3v) is 4.38. The van der Waals surface area contributed by atoms with Crippen molar-refractivity contribution in [2.24, 2.45) is 0 Å². The third kappa shape index (κ3) is 5.49. The molecule has 28 heavy (non-hydrogen) atoms. The van der Waals surface area contributed by atoms with Crippen molar-refractivity contribution in [3.8, 4) is 11.5 Å². The molecule has 1 unspecified atom stereocenters. The van der Waals surface area contributed by atoms with Crippen LogP contribution in [0.1, 0.15) is 48.2 Å². The van der Waals surface area contributed by atoms with E-state index in [2.05, 4.69) is 19.2 Å². The minimum atomic E-state index is -0.905. The summed E-state index contributed by atoms with van der Waals surface area (Å²) in [5.74, 6) is 0.680. The lowest BCUT2D eigenvalue weighted by atomic mass is 10.0. The van der Waals surface area contributed by atoms with E-state index in [1.54, 1.807) is 45.4 Å². The Morgan fingerprint density at radius 3 is 2.14 bits per heavy atom. The first kappa shape index (κ1) is 21.3. The molecule has 0 saturated carbocycles. The molecule has 2 rings (SSSR count). The minimum Gasteiger partial charge on any atom is -0.493 e. The van der Waals surface area contributed by atoms with Gasteiger partial charge in [-0.05, 0) is 48.2 Å². The quantitative estimate of drug-likeness (QED) is 0.702. The number of ether oxygens (including phenoxy) is 3. The summed E-state index contributed by atoms with van der Waals surface area (Å²) < 4.78 is 15.7. The molecule has 0 aliphatic heterocycles. The van der Waals surface area contributed by atoms with Crippen LogP contribution in [0.15, 0.2) is 42.5 Å². The van der Waals surface area contributed by atoms with Crippen LogP contribution >= 0.6 is 0 Å². The molecule has 6 nitrogen and oxygen atoms in total. The SMILES string of the molecule is COc1ccc(CNC(=O)C(C)OC(=O)c2ccc(C(C)C)cc2)cc1OC. The number of methoxy groups -OCH3 is 2. The Hall–Kier alpha value is -3.02. The molecule has 0 aromatic heterocycles. The number of hydrogen-bond donors (Lipinski definition) is 1. The molecule has 2 aromatic carbocycles. The molecule has 0 saturated heterocycles. The number of amides is 1. The standard InChI is InChI=1S/C22H27NO5/c1-14(2)17-7-9-18(10-8-17)22(25)28-15(3)21(24)23-13-16-6-11-19(26-4)20(12-16)27-5/h6-12,14-15H,13H2,1-5H3,(H,23,24). The average Bonchev–Trinajstić information content (AvgIpc) is 2.71. The zero-order valence-corrected chi connectivity index (χ0v) is 16.9. The summed E-state index contributed by atoms with van der Waals surface area (Å²) in [6.07, 6.45) is -0.905. The van der Waals surface area contributed by atoms with E-state index in [1.165, 1.54) is 0 Å². The fourth-order valence-corrected chi connectivity index (χ4v) is 2.61. The lowest BCUT2D eigenvalue weighted by Crippen LogP contribution is -2.35. The maximum Gasteiger partial charge on any atom is 0.338 e. The second-order valence-corrected chi connectivity index (χ2v) is 6.73. The molecule has 0 aliphatic carbocycles. The zero-order chi connectivity index (χ0) is 20.7. The molecular weight excluding hydrogens is 358 g/mol. The van der Waals surface area contributed by atoms with Crippen LogP contribution in [0.3, 0.4) is 0 Å². The van der Waals surface area contributed by atoms with Crippen LogP contribution in [-0.4, -0.2) is 32.2 Å². The Morgan fingerprint density at radius 1 is 0.929 bits per heavy atom. The number of hydrogen-bond acceptors (Lipinski definition) is 5. The van der Waals surface area contributed by atoms with Crippen LogP contribution in [0.4, 0.5) is 0 Å². The van der Waals surface area contributed by atoms with Gasteiger partial charge in [0.15, 0.2) is 17.6 Å². The highest BCUT2D eigenvalue weighted by Crippen LogP contribution is 2.27. The smallest absolute Gasteiger partial charge is 0.338 e. The summed E-state index contributed by atoms with van der Waals surface area (Å²) in [7, 11) is 3.11. The molecule has 1 N–H and O–H groups in total. The van der Waals surface area contributed by atoms with Crippen molar-refractivity contribution in [1.82, 2.24) is 5.32 Å². The Balaban J connectivity index is 1.91. The number of benzene rings is 2. The van der Waals surface area contributed by atoms with E-state index < -0.39 is 12.1 Å². The number of esters is 1. The molecule has 0 fully saturated rings. The Kier molecular flexibility index (Phi) is 7.44. The molecule has 0 heterocycles. The summed E-state index contributed by atoms with van der Waals surface area (Å²) in [4.78, 5) is 24.5. The van der Waals surface area contributed by atoms with Gasteiger partial charge in [0.1, 0.15) is 0 Å². The van der Waals surface area contributed by atoms with E-state index in [4.69, 9.17) is 14.2 Å². The van der Waals surface area contributed by atoms with E-state index in [0.29, 0.717) is 23.0 Å². The number of rotatable bonds is 8. The number of carbonyl (C=O) groups excluding carboxylic acids is 2. The summed E-state index contributed by atoms with van der Waals surface area (Å²) in [5.41, 5.74) is 2.40. The van der Waals surface area contributed by atoms with Crippen LogP contribution in [0.5, 0.6) is 11.5 Å². The van der Waals surface area contributed by atoms with Gasteiger partial charge < -0.3 is 19.5 Å². The maximum atomic E-state index is 12.3. The van der Waals surface area contributed by atoms with Gasteiger partial charge in [0.05, 0.1) is 19.8 Å². The summed E-state index contributed by atoms with van der Waals surface area (Å²) in [6, 6.07) is 12.6. The van der Waals surface area contributed by atoms with Gasteiger partial charge in [-0.15, -0.1) is 0 Å². The molecule has 0 bridgehead atoms. The first-order valence-corrected chi connectivity index (χ1v) is 9.15. The lowest BCUT2D eigenvalue weighted by molar-refractivity contribution is -0.129. The fourth-order valence-electron chi connectivity index (χ4n) is 2.61. The second kappa shape index (κ2) is 9.78. The first-order chi connectivity index (χ1) is 13.3. The van der Waals surface area contributed by atoms with Crippen LogP contribution in [0.2, 0.25) is 0 Å². The maximum absolute atomic E-state index is 12.3. The highest BCUT2D eigenvalue weighted by Gasteiger charge is 2.19. The van der Waals surface area contributed by atoms with Gasteiger partial charge in [0, 0.05) is 6.54 Å². The molecular formula is C22H27NO5. The predicted octanol–water partition coefficient (Wildman–Crippen LogP) is 3.69. The first-order valence-electron chi connectivity index (χ1n) is 9.15. The van der Waals surface area contributed by atoms with Gasteiger partial charge in [-0.3, -0.25) is 4.79 Å². The van der Waals surface area contributed by atoms with Crippen molar-refractivity contribution < 1.29 is 23.8 Å². The molecule has 6 heteroatoms. The van der Waals surface area contributed by atoms with Crippen LogP contribution in [0.25, 0.3) is 0 Å². The van der Waals surface area contributed by atoms with Crippen molar-refractivity contribution in [1.29, 1.82) is 0 Å². The second-order valence-electron chi connectivity index (χ2n) is 6.73. The highest BCUT2D eigenvalue weighted by atomic mass is 16.5. The lowest BCUT2D eigenvalue weighted by Gasteiger charge is -2.15. The summed E-state index contributed by atoms with van der Waals surface area (Å²) in [6.45, 7) is 5.99. The summed E-state index contributed by atoms with van der Waals surface area (Å²) >= 11 is 0. The van der Waals surface area contributed by atoms with E-state index in [9.17, 15) is 9.59 Å². The third-order valence-electron chi connectivity index (χ3n) is 4.38. The Bertz CT molecular complexity index is 814. The van der Waals surface area contributed by atoms with E-state index in [0.717, 1.165) is 11.1 Å². The van der Waals surface area contributed by atoms with E-state index in [1.807, 2.05) is 18.2 Å². The van der Waals surface area contributed by atoms with Crippen LogP contribution < -0.4 is 14.8 Å². The van der Waals surface area contributed by atoms with Crippen LogP contribution in [0, 0.1) is 0 Å². The van der Waals surface area contributed by atoms with Crippen molar-refractivity contribution in [3.63, 3.8) is 0 Å². The predicted molar refractivity (Wildman–Crippen MR) is 107 cm³/mol. The largest absolute Gasteiger partial charge is 0.493 e. The van der Waals surface area contributed by atoms with Gasteiger partial charge in [0.25, 0.3) is 5.91 Å². The van der Waals surface area contributed by atoms with E-state index >= 15 is 0 Å². The molecule has 0 spiro atoms. The molecule has 0 aliphatic rings. The van der Waals surface area contributed by atoms with Gasteiger partial charge in [-0.25, -0.2) is 4.79 Å². The van der Waals surface area contributed by atoms with Crippen molar-refractivity contribution in [2.45, 2.75) is 39.3 Å². The average molecular weight is 385 g/mol.